The van der Waals surface area contributed by atoms with Crippen molar-refractivity contribution in [2.45, 2.75) is 0 Å². The molecule has 0 unspecified atom stereocenters. The number of carbonyl (C=O) groups excluding carboxylic acids is 1. The highest BCUT2D eigenvalue weighted by molar-refractivity contribution is 6.30. The molecule has 0 saturated carbocycles. The van der Waals surface area contributed by atoms with Gasteiger partial charge in [0, 0.05) is 16.9 Å². The smallest absolute Gasteiger partial charge is 0.185 e. The number of allylic oxidation sites excluding steroid dienone is 1. The molecular weight excluding hydrogens is 190 g/mol. The number of benzene rings is 1. The predicted molar refractivity (Wildman–Crippen MR) is 51.9 cm³/mol. The number of aliphatic hydroxyl groups is 1. The van der Waals surface area contributed by atoms with Crippen molar-refractivity contribution in [2.75, 3.05) is 5.32 Å². The first-order valence-electron chi connectivity index (χ1n) is 3.59. The summed E-state index contributed by atoms with van der Waals surface area (Å²) in [4.78, 5) is 10.0. The number of hydrogen-bond acceptors (Lipinski definition) is 3. The van der Waals surface area contributed by atoms with Crippen LogP contribution >= 0.6 is 11.6 Å². The van der Waals surface area contributed by atoms with Crippen molar-refractivity contribution in [3.8, 4) is 0 Å². The van der Waals surface area contributed by atoms with Gasteiger partial charge in [-0.25, -0.2) is 0 Å². The summed E-state index contributed by atoms with van der Waals surface area (Å²) < 4.78 is 0. The fourth-order valence-electron chi connectivity index (χ4n) is 0.737. The second-order valence-corrected chi connectivity index (χ2v) is 2.77. The molecule has 68 valence electrons. The number of nitrogens with one attached hydrogen (secondary N) is 1. The third-order valence-corrected chi connectivity index (χ3v) is 1.60. The standard InChI is InChI=1S/C9H8ClNO2/c10-7-1-3-8(4-2-7)11-5-9(13)6-12/h1-6,11,13H/b9-5-. The lowest BCUT2D eigenvalue weighted by Gasteiger charge is -1.99. The summed E-state index contributed by atoms with van der Waals surface area (Å²) in [7, 11) is 0. The first-order valence-corrected chi connectivity index (χ1v) is 3.96. The van der Waals surface area contributed by atoms with E-state index in [1.165, 1.54) is 6.20 Å². The Morgan fingerprint density at radius 1 is 1.38 bits per heavy atom. The molecule has 2 N–H and O–H groups in total. The number of hydrogen-bond donors (Lipinski definition) is 2. The highest BCUT2D eigenvalue weighted by atomic mass is 35.5. The third kappa shape index (κ3) is 3.17. The molecule has 1 aromatic rings. The molecule has 1 aromatic carbocycles. The fourth-order valence-corrected chi connectivity index (χ4v) is 0.863. The number of carbonyl (C=O) groups is 1. The molecule has 0 aliphatic carbocycles. The molecular formula is C9H8ClNO2. The molecule has 0 saturated heterocycles. The van der Waals surface area contributed by atoms with E-state index < -0.39 is 0 Å². The van der Waals surface area contributed by atoms with Gasteiger partial charge in [-0.3, -0.25) is 4.79 Å². The molecule has 0 heterocycles. The largest absolute Gasteiger partial charge is 0.504 e. The van der Waals surface area contributed by atoms with Crippen LogP contribution < -0.4 is 5.32 Å². The highest BCUT2D eigenvalue weighted by Gasteiger charge is 1.90. The van der Waals surface area contributed by atoms with Gasteiger partial charge in [-0.15, -0.1) is 0 Å². The molecule has 0 bridgehead atoms. The van der Waals surface area contributed by atoms with Gasteiger partial charge < -0.3 is 10.4 Å². The highest BCUT2D eigenvalue weighted by Crippen LogP contribution is 2.13. The summed E-state index contributed by atoms with van der Waals surface area (Å²) in [6.45, 7) is 0. The van der Waals surface area contributed by atoms with Crippen LogP contribution in [0.2, 0.25) is 5.02 Å². The van der Waals surface area contributed by atoms with Crippen LogP contribution in [0.1, 0.15) is 0 Å². The monoisotopic (exact) mass is 197 g/mol. The molecule has 0 fully saturated rings. The van der Waals surface area contributed by atoms with Gasteiger partial charge in [0.25, 0.3) is 0 Å². The maximum atomic E-state index is 10.0. The number of halogens is 1. The maximum Gasteiger partial charge on any atom is 0.185 e. The van der Waals surface area contributed by atoms with Crippen LogP contribution in [0.4, 0.5) is 5.69 Å². The molecule has 13 heavy (non-hydrogen) atoms. The molecule has 0 aliphatic rings. The topological polar surface area (TPSA) is 49.3 Å². The van der Waals surface area contributed by atoms with Gasteiger partial charge >= 0.3 is 0 Å². The molecule has 3 nitrogen and oxygen atoms in total. The molecule has 0 aromatic heterocycles. The van der Waals surface area contributed by atoms with E-state index in [0.717, 1.165) is 5.69 Å². The van der Waals surface area contributed by atoms with E-state index in [2.05, 4.69) is 5.32 Å². The summed E-state index contributed by atoms with van der Waals surface area (Å²) in [6.07, 6.45) is 1.55. The van der Waals surface area contributed by atoms with Crippen molar-refractivity contribution in [3.05, 3.63) is 41.2 Å². The zero-order valence-electron chi connectivity index (χ0n) is 6.70. The molecule has 0 aliphatic heterocycles. The van der Waals surface area contributed by atoms with Gasteiger partial charge in [0.05, 0.1) is 0 Å². The molecule has 0 atom stereocenters. The molecule has 0 amide bonds. The van der Waals surface area contributed by atoms with Crippen molar-refractivity contribution in [3.63, 3.8) is 0 Å². The minimum absolute atomic E-state index is 0.350. The second-order valence-electron chi connectivity index (χ2n) is 2.34. The van der Waals surface area contributed by atoms with Gasteiger partial charge in [-0.1, -0.05) is 11.6 Å². The Morgan fingerprint density at radius 2 is 2.00 bits per heavy atom. The number of aldehydes is 1. The quantitative estimate of drug-likeness (QED) is 0.444. The number of rotatable bonds is 3. The van der Waals surface area contributed by atoms with Crippen LogP contribution in [0.25, 0.3) is 0 Å². The Bertz CT molecular complexity index is 319. The molecule has 0 spiro atoms. The average Bonchev–Trinajstić information content (AvgIpc) is 2.16. The van der Waals surface area contributed by atoms with Crippen LogP contribution in [0.5, 0.6) is 0 Å². The third-order valence-electron chi connectivity index (χ3n) is 1.35. The van der Waals surface area contributed by atoms with Crippen LogP contribution in [0.15, 0.2) is 36.2 Å². The maximum absolute atomic E-state index is 10.0. The van der Waals surface area contributed by atoms with Crippen molar-refractivity contribution >= 4 is 23.6 Å². The van der Waals surface area contributed by atoms with E-state index in [1.807, 2.05) is 0 Å². The van der Waals surface area contributed by atoms with E-state index in [4.69, 9.17) is 16.7 Å². The Hall–Kier alpha value is -1.48. The minimum Gasteiger partial charge on any atom is -0.504 e. The predicted octanol–water partition coefficient (Wildman–Crippen LogP) is 2.35. The zero-order valence-corrected chi connectivity index (χ0v) is 7.45. The summed E-state index contributed by atoms with van der Waals surface area (Å²) in [5, 5.41) is 12.1. The van der Waals surface area contributed by atoms with Gasteiger partial charge in [-0.05, 0) is 24.3 Å². The van der Waals surface area contributed by atoms with Crippen molar-refractivity contribution in [1.82, 2.24) is 0 Å². The summed E-state index contributed by atoms with van der Waals surface area (Å²) in [5.74, 6) is -0.352. The second kappa shape index (κ2) is 4.52. The van der Waals surface area contributed by atoms with E-state index in [9.17, 15) is 4.79 Å². The molecule has 1 rings (SSSR count). The van der Waals surface area contributed by atoms with E-state index in [1.54, 1.807) is 24.3 Å². The fraction of sp³-hybridized carbons (Fsp3) is 0. The normalized spacial score (nSPS) is 11.0. The number of anilines is 1. The molecule has 0 radical (unpaired) electrons. The Labute approximate surface area is 80.6 Å². The van der Waals surface area contributed by atoms with E-state index in [-0.39, 0.29) is 5.76 Å². The Balaban J connectivity index is 2.65. The Kier molecular flexibility index (Phi) is 3.34. The lowest BCUT2D eigenvalue weighted by atomic mass is 10.3. The van der Waals surface area contributed by atoms with Crippen molar-refractivity contribution < 1.29 is 9.90 Å². The number of aliphatic hydroxyl groups excluding tert-OH is 1. The Morgan fingerprint density at radius 3 is 2.54 bits per heavy atom. The van der Waals surface area contributed by atoms with Crippen LogP contribution in [0, 0.1) is 0 Å². The average molecular weight is 198 g/mol. The van der Waals surface area contributed by atoms with E-state index >= 15 is 0 Å². The van der Waals surface area contributed by atoms with Crippen LogP contribution in [0.3, 0.4) is 0 Å². The zero-order chi connectivity index (χ0) is 9.68. The lowest BCUT2D eigenvalue weighted by Crippen LogP contribution is -1.91. The van der Waals surface area contributed by atoms with Gasteiger partial charge in [0.2, 0.25) is 0 Å². The summed E-state index contributed by atoms with van der Waals surface area (Å²) >= 11 is 5.65. The SMILES string of the molecule is O=C/C(O)=C/Nc1ccc(Cl)cc1. The van der Waals surface area contributed by atoms with Crippen LogP contribution in [-0.4, -0.2) is 11.4 Å². The van der Waals surface area contributed by atoms with Crippen LogP contribution in [-0.2, 0) is 4.79 Å². The first-order chi connectivity index (χ1) is 6.22. The lowest BCUT2D eigenvalue weighted by molar-refractivity contribution is -0.106. The summed E-state index contributed by atoms with van der Waals surface area (Å²) in [5.41, 5.74) is 0.748. The molecule has 4 heteroatoms. The minimum atomic E-state index is -0.352. The van der Waals surface area contributed by atoms with Gasteiger partial charge in [0.15, 0.2) is 12.0 Å². The van der Waals surface area contributed by atoms with Gasteiger partial charge in [-0.2, -0.15) is 0 Å². The first kappa shape index (κ1) is 9.61. The van der Waals surface area contributed by atoms with Gasteiger partial charge in [0.1, 0.15) is 0 Å². The van der Waals surface area contributed by atoms with E-state index in [0.29, 0.717) is 11.3 Å². The summed E-state index contributed by atoms with van der Waals surface area (Å²) in [6, 6.07) is 6.87. The van der Waals surface area contributed by atoms with Crippen molar-refractivity contribution in [1.29, 1.82) is 0 Å². The van der Waals surface area contributed by atoms with Crippen molar-refractivity contribution in [2.24, 2.45) is 0 Å².